The Labute approximate surface area is 181 Å². The Morgan fingerprint density at radius 1 is 0.677 bits per heavy atom. The van der Waals surface area contributed by atoms with Crippen LogP contribution in [0.15, 0.2) is 78.9 Å². The second-order valence-corrected chi connectivity index (χ2v) is 7.10. The van der Waals surface area contributed by atoms with Crippen molar-refractivity contribution in [2.45, 2.75) is 13.3 Å². The quantitative estimate of drug-likeness (QED) is 0.349. The van der Waals surface area contributed by atoms with Crippen LogP contribution in [0.2, 0.25) is 0 Å². The lowest BCUT2D eigenvalue weighted by molar-refractivity contribution is 0.636. The van der Waals surface area contributed by atoms with Crippen LogP contribution < -0.4 is 0 Å². The van der Waals surface area contributed by atoms with Crippen molar-refractivity contribution in [3.05, 3.63) is 118 Å². The average Bonchev–Trinajstić information content (AvgIpc) is 2.83. The summed E-state index contributed by atoms with van der Waals surface area (Å²) in [7, 11) is 0. The zero-order valence-electron chi connectivity index (χ0n) is 17.0. The van der Waals surface area contributed by atoms with Gasteiger partial charge in [0.1, 0.15) is 5.82 Å². The first-order chi connectivity index (χ1) is 15.2. The van der Waals surface area contributed by atoms with Crippen LogP contribution in [0, 0.1) is 40.8 Å². The third kappa shape index (κ3) is 4.64. The second-order valence-electron chi connectivity index (χ2n) is 7.10. The van der Waals surface area contributed by atoms with Crippen LogP contribution in [0.1, 0.15) is 40.3 Å². The van der Waals surface area contributed by atoms with Gasteiger partial charge < -0.3 is 0 Å². The fraction of sp³-hybridized carbons (Fsp3) is 0.0690. The largest absolute Gasteiger partial charge is 0.205 e. The molecule has 4 rings (SSSR count). The van der Waals surface area contributed by atoms with E-state index in [0.29, 0.717) is 16.5 Å². The predicted octanol–water partition coefficient (Wildman–Crippen LogP) is 6.21. The minimum absolute atomic E-state index is 0.340. The van der Waals surface area contributed by atoms with Crippen LogP contribution in [-0.2, 0) is 6.42 Å². The molecule has 0 spiro atoms. The molecule has 0 fully saturated rings. The molecule has 0 atom stereocenters. The molecule has 4 aromatic carbocycles. The molecule has 0 saturated heterocycles. The molecular formula is C29H18FN. The number of aryl methyl sites for hydroxylation is 1. The maximum atomic E-state index is 15.0. The molecule has 0 aromatic heterocycles. The summed E-state index contributed by atoms with van der Waals surface area (Å²) in [6, 6.07) is 26.2. The molecule has 2 heteroatoms. The lowest BCUT2D eigenvalue weighted by atomic mass is 10.0. The summed E-state index contributed by atoms with van der Waals surface area (Å²) in [5.74, 6) is 11.8. The van der Waals surface area contributed by atoms with E-state index in [-0.39, 0.29) is 5.82 Å². The highest BCUT2D eigenvalue weighted by atomic mass is 19.1. The van der Waals surface area contributed by atoms with Gasteiger partial charge in [0, 0.05) is 22.1 Å². The molecule has 0 aliphatic rings. The molecule has 0 bridgehead atoms. The van der Waals surface area contributed by atoms with E-state index < -0.39 is 0 Å². The smallest absolute Gasteiger partial charge is 0.146 e. The topological polar surface area (TPSA) is 23.8 Å². The Morgan fingerprint density at radius 3 is 1.94 bits per heavy atom. The fourth-order valence-electron chi connectivity index (χ4n) is 3.20. The number of fused-ring (bicyclic) bond motifs is 1. The van der Waals surface area contributed by atoms with Gasteiger partial charge in [-0.25, -0.2) is 4.39 Å². The number of hydrogen-bond acceptors (Lipinski definition) is 1. The van der Waals surface area contributed by atoms with Crippen LogP contribution in [0.5, 0.6) is 0 Å². The molecule has 0 N–H and O–H groups in total. The van der Waals surface area contributed by atoms with Crippen LogP contribution in [0.3, 0.4) is 0 Å². The normalized spacial score (nSPS) is 9.84. The first-order valence-corrected chi connectivity index (χ1v) is 10.0. The molecule has 0 aliphatic heterocycles. The summed E-state index contributed by atoms with van der Waals surface area (Å²) in [4.78, 5) is 0. The van der Waals surface area contributed by atoms with Crippen molar-refractivity contribution in [2.75, 3.05) is 0 Å². The number of nitrogens with zero attached hydrogens (tertiary/aromatic N) is 1. The minimum Gasteiger partial charge on any atom is -0.205 e. The number of rotatable bonds is 1. The Hall–Kier alpha value is -4.32. The zero-order valence-corrected chi connectivity index (χ0v) is 17.0. The van der Waals surface area contributed by atoms with E-state index in [9.17, 15) is 4.39 Å². The Kier molecular flexibility index (Phi) is 5.80. The van der Waals surface area contributed by atoms with E-state index in [4.69, 9.17) is 5.26 Å². The molecule has 0 radical (unpaired) electrons. The van der Waals surface area contributed by atoms with E-state index in [2.05, 4.69) is 48.8 Å². The van der Waals surface area contributed by atoms with Gasteiger partial charge in [-0.15, -0.1) is 0 Å². The highest BCUT2D eigenvalue weighted by molar-refractivity contribution is 5.86. The summed E-state index contributed by atoms with van der Waals surface area (Å²) in [6.07, 6.45) is 1.00. The Morgan fingerprint density at radius 2 is 1.26 bits per heavy atom. The number of hydrogen-bond donors (Lipinski definition) is 0. The summed E-state index contributed by atoms with van der Waals surface area (Å²) in [5.41, 5.74) is 4.71. The molecule has 1 nitrogen and oxygen atoms in total. The van der Waals surface area contributed by atoms with Crippen molar-refractivity contribution in [3.63, 3.8) is 0 Å². The van der Waals surface area contributed by atoms with Gasteiger partial charge in [0.2, 0.25) is 0 Å². The fourth-order valence-corrected chi connectivity index (χ4v) is 3.20. The van der Waals surface area contributed by atoms with Crippen molar-refractivity contribution in [1.82, 2.24) is 0 Å². The monoisotopic (exact) mass is 399 g/mol. The van der Waals surface area contributed by atoms with Gasteiger partial charge in [0.15, 0.2) is 0 Å². The van der Waals surface area contributed by atoms with Gasteiger partial charge in [-0.05, 0) is 72.0 Å². The van der Waals surface area contributed by atoms with E-state index in [0.717, 1.165) is 28.5 Å². The number of benzene rings is 4. The maximum Gasteiger partial charge on any atom is 0.146 e. The average molecular weight is 399 g/mol. The number of nitriles is 1. The standard InChI is InChI=1S/C29H18FN/c1-2-21-3-5-22(6-4-21)7-10-24-14-18-28-27(19-24)17-16-26(29(28)30)15-13-23-8-11-25(20-31)12-9-23/h3-6,8-9,11-12,14,16-19H,2H2,1H3. The first kappa shape index (κ1) is 20.0. The molecule has 0 saturated carbocycles. The Balaban J connectivity index is 1.60. The van der Waals surface area contributed by atoms with E-state index in [1.165, 1.54) is 5.56 Å². The van der Waals surface area contributed by atoms with Crippen LogP contribution in [0.25, 0.3) is 10.8 Å². The molecule has 0 unspecified atom stereocenters. The number of halogens is 1. The van der Waals surface area contributed by atoms with Crippen LogP contribution in [0.4, 0.5) is 4.39 Å². The van der Waals surface area contributed by atoms with E-state index in [1.54, 1.807) is 36.4 Å². The highest BCUT2D eigenvalue weighted by Gasteiger charge is 2.06. The van der Waals surface area contributed by atoms with Crippen molar-refractivity contribution in [3.8, 4) is 29.8 Å². The lowest BCUT2D eigenvalue weighted by Gasteiger charge is -2.03. The summed E-state index contributed by atoms with van der Waals surface area (Å²) < 4.78 is 15.0. The predicted molar refractivity (Wildman–Crippen MR) is 123 cm³/mol. The SMILES string of the molecule is CCc1ccc(C#Cc2ccc3c(F)c(C#Cc4ccc(C#N)cc4)ccc3c2)cc1. The zero-order chi connectivity index (χ0) is 21.6. The lowest BCUT2D eigenvalue weighted by Crippen LogP contribution is -1.88. The van der Waals surface area contributed by atoms with Gasteiger partial charge in [-0.2, -0.15) is 5.26 Å². The molecule has 146 valence electrons. The van der Waals surface area contributed by atoms with Crippen LogP contribution >= 0.6 is 0 Å². The summed E-state index contributed by atoms with van der Waals surface area (Å²) in [6.45, 7) is 2.12. The van der Waals surface area contributed by atoms with Gasteiger partial charge in [-0.1, -0.05) is 54.9 Å². The van der Waals surface area contributed by atoms with Gasteiger partial charge in [-0.3, -0.25) is 0 Å². The summed E-state index contributed by atoms with van der Waals surface area (Å²) >= 11 is 0. The van der Waals surface area contributed by atoms with Crippen molar-refractivity contribution >= 4 is 10.8 Å². The molecular weight excluding hydrogens is 381 g/mol. The molecule has 0 amide bonds. The molecule has 0 heterocycles. The molecule has 31 heavy (non-hydrogen) atoms. The van der Waals surface area contributed by atoms with Gasteiger partial charge in [0.05, 0.1) is 17.2 Å². The first-order valence-electron chi connectivity index (χ1n) is 10.0. The Bertz CT molecular complexity index is 1420. The third-order valence-corrected chi connectivity index (χ3v) is 5.02. The highest BCUT2D eigenvalue weighted by Crippen LogP contribution is 2.22. The van der Waals surface area contributed by atoms with Crippen LogP contribution in [-0.4, -0.2) is 0 Å². The van der Waals surface area contributed by atoms with Crippen molar-refractivity contribution in [2.24, 2.45) is 0 Å². The summed E-state index contributed by atoms with van der Waals surface area (Å²) in [5, 5.41) is 10.2. The second kappa shape index (κ2) is 9.00. The molecule has 4 aromatic rings. The maximum absolute atomic E-state index is 15.0. The van der Waals surface area contributed by atoms with E-state index in [1.807, 2.05) is 30.3 Å². The molecule has 0 aliphatic carbocycles. The van der Waals surface area contributed by atoms with Gasteiger partial charge >= 0.3 is 0 Å². The van der Waals surface area contributed by atoms with Crippen molar-refractivity contribution < 1.29 is 4.39 Å². The van der Waals surface area contributed by atoms with E-state index >= 15 is 0 Å². The van der Waals surface area contributed by atoms with Crippen molar-refractivity contribution in [1.29, 1.82) is 5.26 Å². The third-order valence-electron chi connectivity index (χ3n) is 5.02. The van der Waals surface area contributed by atoms with Gasteiger partial charge in [0.25, 0.3) is 0 Å². The minimum atomic E-state index is -0.340.